The predicted octanol–water partition coefficient (Wildman–Crippen LogP) is 5.08. The van der Waals surface area contributed by atoms with Crippen LogP contribution < -0.4 is 0 Å². The summed E-state index contributed by atoms with van der Waals surface area (Å²) in [4.78, 5) is 27.9. The van der Waals surface area contributed by atoms with Crippen LogP contribution in [0.15, 0.2) is 77.9 Å². The second-order valence-electron chi connectivity index (χ2n) is 8.24. The average molecular weight is 512 g/mol. The molecule has 0 spiro atoms. The lowest BCUT2D eigenvalue weighted by molar-refractivity contribution is -0.133. The number of ether oxygens (including phenoxy) is 1. The molecule has 3 aromatic carbocycles. The van der Waals surface area contributed by atoms with Crippen LogP contribution >= 0.6 is 11.6 Å². The summed E-state index contributed by atoms with van der Waals surface area (Å²) in [6, 6.07) is 17.8. The van der Waals surface area contributed by atoms with Crippen LogP contribution in [0.2, 0.25) is 5.02 Å². The minimum atomic E-state index is -0.724. The van der Waals surface area contributed by atoms with Crippen molar-refractivity contribution >= 4 is 29.1 Å². The number of carbonyl (C=O) groups is 2. The Balaban J connectivity index is 1.66. The van der Waals surface area contributed by atoms with Gasteiger partial charge in [-0.15, -0.1) is 0 Å². The maximum atomic E-state index is 14.8. The molecule has 9 heteroatoms. The topological polar surface area (TPSA) is 62.2 Å². The molecule has 1 aliphatic heterocycles. The van der Waals surface area contributed by atoms with Gasteiger partial charge in [0.1, 0.15) is 18.2 Å². The first kappa shape index (κ1) is 25.5. The Hall–Kier alpha value is -3.62. The number of halogens is 3. The lowest BCUT2D eigenvalue weighted by atomic mass is 9.98. The van der Waals surface area contributed by atoms with Gasteiger partial charge in [-0.1, -0.05) is 54.1 Å². The number of carbonyl (C=O) groups excluding carboxylic acids is 2. The summed E-state index contributed by atoms with van der Waals surface area (Å²) in [6.07, 6.45) is 0.242. The normalized spacial score (nSPS) is 15.1. The molecule has 0 saturated carbocycles. The highest BCUT2D eigenvalue weighted by Gasteiger charge is 2.36. The molecule has 1 atom stereocenters. The third-order valence-electron chi connectivity index (χ3n) is 5.87. The van der Waals surface area contributed by atoms with Gasteiger partial charge in [0, 0.05) is 41.8 Å². The van der Waals surface area contributed by atoms with Crippen molar-refractivity contribution < 1.29 is 23.1 Å². The van der Waals surface area contributed by atoms with Crippen LogP contribution in [0, 0.1) is 11.6 Å². The number of methoxy groups -OCH3 is 1. The molecular weight excluding hydrogens is 488 g/mol. The van der Waals surface area contributed by atoms with Crippen molar-refractivity contribution in [3.8, 4) is 0 Å². The Bertz CT molecular complexity index is 1300. The number of hydrazone groups is 1. The summed E-state index contributed by atoms with van der Waals surface area (Å²) in [5, 5.41) is 6.18. The van der Waals surface area contributed by atoms with Gasteiger partial charge < -0.3 is 9.64 Å². The third kappa shape index (κ3) is 5.61. The fourth-order valence-corrected chi connectivity index (χ4v) is 4.32. The van der Waals surface area contributed by atoms with E-state index in [0.29, 0.717) is 21.9 Å². The van der Waals surface area contributed by atoms with Crippen molar-refractivity contribution in [2.24, 2.45) is 5.10 Å². The van der Waals surface area contributed by atoms with Crippen molar-refractivity contribution in [3.05, 3.63) is 106 Å². The first-order valence-electron chi connectivity index (χ1n) is 11.3. The van der Waals surface area contributed by atoms with Gasteiger partial charge in [0.05, 0.1) is 18.4 Å². The highest BCUT2D eigenvalue weighted by Crippen LogP contribution is 2.35. The van der Waals surface area contributed by atoms with E-state index in [2.05, 4.69) is 5.10 Å². The van der Waals surface area contributed by atoms with E-state index in [1.807, 2.05) is 0 Å². The van der Waals surface area contributed by atoms with E-state index in [4.69, 9.17) is 16.3 Å². The highest BCUT2D eigenvalue weighted by atomic mass is 35.5. The number of hydrogen-bond acceptors (Lipinski definition) is 4. The minimum absolute atomic E-state index is 0.0941. The van der Waals surface area contributed by atoms with Crippen LogP contribution in [0.25, 0.3) is 0 Å². The Morgan fingerprint density at radius 2 is 1.83 bits per heavy atom. The zero-order valence-corrected chi connectivity index (χ0v) is 20.3. The zero-order chi connectivity index (χ0) is 25.7. The monoisotopic (exact) mass is 511 g/mol. The number of amides is 2. The SMILES string of the molecule is COCCN(CC(=O)N1N=C(c2ccccc2Cl)C[C@H]1c1ccccc1F)C(=O)c1cccc(F)c1. The molecule has 4 rings (SSSR count). The molecule has 0 saturated heterocycles. The molecule has 6 nitrogen and oxygen atoms in total. The van der Waals surface area contributed by atoms with Crippen molar-refractivity contribution in [2.45, 2.75) is 12.5 Å². The molecular formula is C27H24ClF2N3O3. The van der Waals surface area contributed by atoms with Crippen molar-refractivity contribution in [3.63, 3.8) is 0 Å². The van der Waals surface area contributed by atoms with E-state index in [9.17, 15) is 18.4 Å². The first-order valence-corrected chi connectivity index (χ1v) is 11.7. The van der Waals surface area contributed by atoms with Crippen molar-refractivity contribution in [1.29, 1.82) is 0 Å². The Morgan fingerprint density at radius 1 is 1.08 bits per heavy atom. The first-order chi connectivity index (χ1) is 17.4. The number of rotatable bonds is 8. The van der Waals surface area contributed by atoms with Crippen LogP contribution in [0.3, 0.4) is 0 Å². The molecule has 0 unspecified atom stereocenters. The fraction of sp³-hybridized carbons (Fsp3) is 0.222. The van der Waals surface area contributed by atoms with Crippen LogP contribution in [0.4, 0.5) is 8.78 Å². The molecule has 2 amide bonds. The largest absolute Gasteiger partial charge is 0.383 e. The van der Waals surface area contributed by atoms with E-state index < -0.39 is 29.5 Å². The van der Waals surface area contributed by atoms with Gasteiger partial charge in [0.2, 0.25) is 0 Å². The van der Waals surface area contributed by atoms with E-state index in [1.165, 1.54) is 41.3 Å². The van der Waals surface area contributed by atoms with E-state index in [0.717, 1.165) is 6.07 Å². The smallest absolute Gasteiger partial charge is 0.262 e. The van der Waals surface area contributed by atoms with Gasteiger partial charge in [-0.25, -0.2) is 13.8 Å². The molecule has 36 heavy (non-hydrogen) atoms. The summed E-state index contributed by atoms with van der Waals surface area (Å²) in [7, 11) is 1.47. The van der Waals surface area contributed by atoms with E-state index >= 15 is 0 Å². The molecule has 0 bridgehead atoms. The highest BCUT2D eigenvalue weighted by molar-refractivity contribution is 6.34. The van der Waals surface area contributed by atoms with Crippen molar-refractivity contribution in [2.75, 3.05) is 26.8 Å². The zero-order valence-electron chi connectivity index (χ0n) is 19.5. The Morgan fingerprint density at radius 3 is 2.56 bits per heavy atom. The lowest BCUT2D eigenvalue weighted by Gasteiger charge is -2.27. The van der Waals surface area contributed by atoms with Gasteiger partial charge in [-0.05, 0) is 30.3 Å². The average Bonchev–Trinajstić information content (AvgIpc) is 3.31. The quantitative estimate of drug-likeness (QED) is 0.423. The second kappa shape index (κ2) is 11.4. The van der Waals surface area contributed by atoms with Gasteiger partial charge in [-0.3, -0.25) is 9.59 Å². The van der Waals surface area contributed by atoms with Crippen LogP contribution in [0.5, 0.6) is 0 Å². The molecule has 1 aliphatic rings. The van der Waals surface area contributed by atoms with Gasteiger partial charge in [-0.2, -0.15) is 5.10 Å². The maximum Gasteiger partial charge on any atom is 0.262 e. The lowest BCUT2D eigenvalue weighted by Crippen LogP contribution is -2.42. The summed E-state index contributed by atoms with van der Waals surface area (Å²) < 4.78 is 33.6. The Kier molecular flexibility index (Phi) is 8.07. The molecule has 186 valence electrons. The van der Waals surface area contributed by atoms with E-state index in [-0.39, 0.29) is 31.7 Å². The van der Waals surface area contributed by atoms with Crippen LogP contribution in [0.1, 0.15) is 33.9 Å². The maximum absolute atomic E-state index is 14.8. The standard InChI is InChI=1S/C27H24ClF2N3O3/c1-36-14-13-32(27(35)18-7-6-8-19(29)15-18)17-26(34)33-25(21-10-3-5-12-23(21)30)16-24(31-33)20-9-2-4-11-22(20)28/h2-12,15,25H,13-14,16-17H2,1H3/t25-/m0/s1. The van der Waals surface area contributed by atoms with Crippen LogP contribution in [-0.2, 0) is 9.53 Å². The molecule has 0 aromatic heterocycles. The predicted molar refractivity (Wildman–Crippen MR) is 133 cm³/mol. The molecule has 0 radical (unpaired) electrons. The van der Waals surface area contributed by atoms with E-state index in [1.54, 1.807) is 42.5 Å². The second-order valence-corrected chi connectivity index (χ2v) is 8.64. The number of benzene rings is 3. The van der Waals surface area contributed by atoms with Crippen molar-refractivity contribution in [1.82, 2.24) is 9.91 Å². The summed E-state index contributed by atoms with van der Waals surface area (Å²) in [6.45, 7) is -0.0982. The number of hydrogen-bond donors (Lipinski definition) is 0. The van der Waals surface area contributed by atoms with Gasteiger partial charge in [0.25, 0.3) is 11.8 Å². The summed E-state index contributed by atoms with van der Waals surface area (Å²) in [5.41, 5.74) is 1.58. The molecule has 1 heterocycles. The molecule has 3 aromatic rings. The number of nitrogens with zero attached hydrogens (tertiary/aromatic N) is 3. The fourth-order valence-electron chi connectivity index (χ4n) is 4.08. The van der Waals surface area contributed by atoms with Gasteiger partial charge >= 0.3 is 0 Å². The molecule has 0 N–H and O–H groups in total. The minimum Gasteiger partial charge on any atom is -0.383 e. The third-order valence-corrected chi connectivity index (χ3v) is 6.19. The summed E-state index contributed by atoms with van der Waals surface area (Å²) >= 11 is 6.36. The molecule has 0 fully saturated rings. The Labute approximate surface area is 212 Å². The van der Waals surface area contributed by atoms with Crippen LogP contribution in [-0.4, -0.2) is 54.2 Å². The summed E-state index contributed by atoms with van der Waals surface area (Å²) in [5.74, 6) is -2.09. The van der Waals surface area contributed by atoms with Gasteiger partial charge in [0.15, 0.2) is 0 Å². The molecule has 0 aliphatic carbocycles.